The fourth-order valence-electron chi connectivity index (χ4n) is 2.23. The zero-order chi connectivity index (χ0) is 15.4. The quantitative estimate of drug-likeness (QED) is 0.671. The van der Waals surface area contributed by atoms with Crippen molar-refractivity contribution in [1.82, 2.24) is 4.72 Å². The average Bonchev–Trinajstić information content (AvgIpc) is 2.34. The van der Waals surface area contributed by atoms with Crippen molar-refractivity contribution < 1.29 is 16.8 Å². The van der Waals surface area contributed by atoms with Gasteiger partial charge in [0.2, 0.25) is 10.0 Å². The SMILES string of the molecule is CC(C)(CCCBr)CNS(=O)(=O)C1CCS(=O)(=O)CC1. The zero-order valence-corrected chi connectivity index (χ0v) is 15.3. The van der Waals surface area contributed by atoms with Crippen LogP contribution in [0.3, 0.4) is 0 Å². The van der Waals surface area contributed by atoms with Crippen LogP contribution in [-0.2, 0) is 19.9 Å². The Morgan fingerprint density at radius 1 is 1.25 bits per heavy atom. The molecule has 0 spiro atoms. The van der Waals surface area contributed by atoms with Gasteiger partial charge in [-0.15, -0.1) is 0 Å². The third kappa shape index (κ3) is 5.99. The van der Waals surface area contributed by atoms with Gasteiger partial charge in [-0.1, -0.05) is 29.8 Å². The van der Waals surface area contributed by atoms with E-state index in [9.17, 15) is 16.8 Å². The van der Waals surface area contributed by atoms with Gasteiger partial charge >= 0.3 is 0 Å². The molecule has 0 unspecified atom stereocenters. The van der Waals surface area contributed by atoms with E-state index in [0.717, 1.165) is 18.2 Å². The van der Waals surface area contributed by atoms with E-state index in [1.807, 2.05) is 13.8 Å². The van der Waals surface area contributed by atoms with Crippen molar-refractivity contribution in [3.05, 3.63) is 0 Å². The van der Waals surface area contributed by atoms with Gasteiger partial charge in [0.15, 0.2) is 0 Å². The van der Waals surface area contributed by atoms with Crippen molar-refractivity contribution in [2.24, 2.45) is 5.41 Å². The van der Waals surface area contributed by atoms with E-state index in [0.29, 0.717) is 6.54 Å². The highest BCUT2D eigenvalue weighted by molar-refractivity contribution is 9.09. The lowest BCUT2D eigenvalue weighted by Gasteiger charge is -2.27. The standard InChI is InChI=1S/C12H24BrNO4S2/c1-12(2,6-3-7-13)10-14-20(17,18)11-4-8-19(15,16)9-5-11/h11,14H,3-10H2,1-2H3. The zero-order valence-electron chi connectivity index (χ0n) is 12.1. The number of hydrogen-bond donors (Lipinski definition) is 1. The Kier molecular flexibility index (Phi) is 6.50. The summed E-state index contributed by atoms with van der Waals surface area (Å²) >= 11 is 3.37. The molecule has 1 rings (SSSR count). The number of sulfonamides is 1. The van der Waals surface area contributed by atoms with Gasteiger partial charge in [0.05, 0.1) is 16.8 Å². The van der Waals surface area contributed by atoms with Gasteiger partial charge in [0.25, 0.3) is 0 Å². The Balaban J connectivity index is 2.54. The van der Waals surface area contributed by atoms with Gasteiger partial charge in [0.1, 0.15) is 9.84 Å². The van der Waals surface area contributed by atoms with Crippen LogP contribution in [0.1, 0.15) is 39.5 Å². The molecule has 1 fully saturated rings. The Morgan fingerprint density at radius 3 is 2.30 bits per heavy atom. The second kappa shape index (κ2) is 7.07. The number of nitrogens with one attached hydrogen (secondary N) is 1. The van der Waals surface area contributed by atoms with Crippen molar-refractivity contribution in [3.8, 4) is 0 Å². The van der Waals surface area contributed by atoms with Gasteiger partial charge < -0.3 is 0 Å². The first-order valence-corrected chi connectivity index (χ1v) is 11.3. The second-order valence-electron chi connectivity index (χ2n) is 6.17. The summed E-state index contributed by atoms with van der Waals surface area (Å²) in [5, 5.41) is 0.335. The predicted octanol–water partition coefficient (Wildman–Crippen LogP) is 1.68. The molecule has 0 radical (unpaired) electrons. The third-order valence-corrected chi connectivity index (χ3v) is 7.85. The summed E-state index contributed by atoms with van der Waals surface area (Å²) < 4.78 is 49.7. The molecule has 20 heavy (non-hydrogen) atoms. The average molecular weight is 390 g/mol. The summed E-state index contributed by atoms with van der Waals surface area (Å²) in [5.74, 6) is -0.0445. The van der Waals surface area contributed by atoms with Crippen LogP contribution >= 0.6 is 15.9 Å². The molecule has 1 aliphatic rings. The van der Waals surface area contributed by atoms with Crippen molar-refractivity contribution >= 4 is 35.8 Å². The minimum Gasteiger partial charge on any atom is -0.229 e. The van der Waals surface area contributed by atoms with Gasteiger partial charge in [-0.2, -0.15) is 0 Å². The van der Waals surface area contributed by atoms with Crippen molar-refractivity contribution in [1.29, 1.82) is 0 Å². The molecular formula is C12H24BrNO4S2. The van der Waals surface area contributed by atoms with Crippen LogP contribution in [0, 0.1) is 5.41 Å². The van der Waals surface area contributed by atoms with E-state index >= 15 is 0 Å². The Bertz CT molecular complexity index is 500. The summed E-state index contributed by atoms with van der Waals surface area (Å²) in [4.78, 5) is 0. The minimum atomic E-state index is -3.42. The Morgan fingerprint density at radius 2 is 1.80 bits per heavy atom. The molecule has 0 saturated carbocycles. The molecular weight excluding hydrogens is 366 g/mol. The molecule has 1 aliphatic heterocycles. The summed E-state index contributed by atoms with van der Waals surface area (Å²) in [6, 6.07) is 0. The van der Waals surface area contributed by atoms with E-state index in [1.165, 1.54) is 0 Å². The third-order valence-electron chi connectivity index (χ3n) is 3.68. The van der Waals surface area contributed by atoms with Crippen LogP contribution in [0.15, 0.2) is 0 Å². The van der Waals surface area contributed by atoms with Crippen LogP contribution in [0.25, 0.3) is 0 Å². The lowest BCUT2D eigenvalue weighted by Crippen LogP contribution is -2.43. The number of rotatable bonds is 7. The normalized spacial score (nSPS) is 20.9. The molecule has 1 N–H and O–H groups in total. The van der Waals surface area contributed by atoms with Gasteiger partial charge in [-0.05, 0) is 31.1 Å². The first-order valence-electron chi connectivity index (χ1n) is 6.83. The first-order chi connectivity index (χ1) is 9.08. The van der Waals surface area contributed by atoms with Crippen LogP contribution in [0.4, 0.5) is 0 Å². The predicted molar refractivity (Wildman–Crippen MR) is 85.4 cm³/mol. The minimum absolute atomic E-state index is 0.0223. The lowest BCUT2D eigenvalue weighted by atomic mass is 9.88. The van der Waals surface area contributed by atoms with Crippen LogP contribution in [0.5, 0.6) is 0 Å². The van der Waals surface area contributed by atoms with Crippen LogP contribution < -0.4 is 4.72 Å². The molecule has 1 heterocycles. The van der Waals surface area contributed by atoms with E-state index in [-0.39, 0.29) is 29.8 Å². The van der Waals surface area contributed by atoms with Gasteiger partial charge in [-0.3, -0.25) is 0 Å². The Hall–Kier alpha value is 0.340. The summed E-state index contributed by atoms with van der Waals surface area (Å²) in [5.41, 5.74) is -0.0957. The molecule has 0 aromatic carbocycles. The summed E-state index contributed by atoms with van der Waals surface area (Å²) in [6.07, 6.45) is 2.34. The number of hydrogen-bond acceptors (Lipinski definition) is 4. The molecule has 5 nitrogen and oxygen atoms in total. The van der Waals surface area contributed by atoms with E-state index < -0.39 is 25.1 Å². The monoisotopic (exact) mass is 389 g/mol. The van der Waals surface area contributed by atoms with Crippen LogP contribution in [-0.4, -0.2) is 45.5 Å². The molecule has 0 amide bonds. The number of halogens is 1. The maximum atomic E-state index is 12.2. The van der Waals surface area contributed by atoms with Gasteiger partial charge in [-0.25, -0.2) is 21.6 Å². The maximum absolute atomic E-state index is 12.2. The molecule has 0 aliphatic carbocycles. The fourth-order valence-corrected chi connectivity index (χ4v) is 5.98. The highest BCUT2D eigenvalue weighted by atomic mass is 79.9. The number of alkyl halides is 1. The fraction of sp³-hybridized carbons (Fsp3) is 1.00. The maximum Gasteiger partial charge on any atom is 0.214 e. The van der Waals surface area contributed by atoms with Crippen molar-refractivity contribution in [2.75, 3.05) is 23.4 Å². The largest absolute Gasteiger partial charge is 0.229 e. The molecule has 8 heteroatoms. The van der Waals surface area contributed by atoms with E-state index in [2.05, 4.69) is 20.7 Å². The van der Waals surface area contributed by atoms with Gasteiger partial charge in [0, 0.05) is 11.9 Å². The first kappa shape index (κ1) is 18.4. The summed E-state index contributed by atoms with van der Waals surface area (Å²) in [6.45, 7) is 4.46. The smallest absolute Gasteiger partial charge is 0.214 e. The van der Waals surface area contributed by atoms with Crippen LogP contribution in [0.2, 0.25) is 0 Å². The molecule has 0 aromatic rings. The lowest BCUT2D eigenvalue weighted by molar-refractivity contribution is 0.331. The topological polar surface area (TPSA) is 80.3 Å². The number of sulfone groups is 1. The Labute approximate surface area is 131 Å². The highest BCUT2D eigenvalue weighted by Crippen LogP contribution is 2.24. The molecule has 1 saturated heterocycles. The second-order valence-corrected chi connectivity index (χ2v) is 11.3. The molecule has 0 aromatic heterocycles. The van der Waals surface area contributed by atoms with E-state index in [4.69, 9.17) is 0 Å². The van der Waals surface area contributed by atoms with E-state index in [1.54, 1.807) is 0 Å². The molecule has 120 valence electrons. The summed E-state index contributed by atoms with van der Waals surface area (Å²) in [7, 11) is -6.45. The highest BCUT2D eigenvalue weighted by Gasteiger charge is 2.33. The molecule has 0 bridgehead atoms. The van der Waals surface area contributed by atoms with Crippen molar-refractivity contribution in [3.63, 3.8) is 0 Å². The molecule has 0 atom stereocenters. The van der Waals surface area contributed by atoms with Crippen molar-refractivity contribution in [2.45, 2.75) is 44.8 Å².